The smallest absolute Gasteiger partial charge is 0.266 e. The van der Waals surface area contributed by atoms with Crippen molar-refractivity contribution in [2.75, 3.05) is 19.6 Å². The van der Waals surface area contributed by atoms with Crippen molar-refractivity contribution < 1.29 is 4.79 Å². The second kappa shape index (κ2) is 7.73. The summed E-state index contributed by atoms with van der Waals surface area (Å²) in [5, 5.41) is 7.24. The number of carbonyl (C=O) groups excluding carboxylic acids is 1. The number of nitrogens with zero attached hydrogens (tertiary/aromatic N) is 3. The zero-order valence-corrected chi connectivity index (χ0v) is 13.6. The standard InChI is InChI=1S/C17H26N4O2/c22-16-8-4-9-19-21(16)12-11-20-10-2-1-7-15(20)13-18-17(23)14-5-3-6-14/h4,8-9,14-15H,1-3,5-7,10-13H2,(H,18,23). The molecule has 1 N–H and O–H groups in total. The van der Waals surface area contributed by atoms with Crippen LogP contribution in [-0.2, 0) is 11.3 Å². The minimum atomic E-state index is -0.0562. The highest BCUT2D eigenvalue weighted by Gasteiger charge is 2.27. The third-order valence-electron chi connectivity index (χ3n) is 5.12. The van der Waals surface area contributed by atoms with Gasteiger partial charge >= 0.3 is 0 Å². The van der Waals surface area contributed by atoms with Gasteiger partial charge in [-0.15, -0.1) is 0 Å². The Bertz CT molecular complexity index is 582. The molecule has 1 aliphatic heterocycles. The largest absolute Gasteiger partial charge is 0.354 e. The van der Waals surface area contributed by atoms with Crippen molar-refractivity contribution in [3.63, 3.8) is 0 Å². The molecule has 126 valence electrons. The molecule has 0 spiro atoms. The van der Waals surface area contributed by atoms with E-state index in [0.717, 1.165) is 38.9 Å². The quantitative estimate of drug-likeness (QED) is 0.850. The number of piperidine rings is 1. The van der Waals surface area contributed by atoms with Gasteiger partial charge in [-0.05, 0) is 38.3 Å². The number of likely N-dealkylation sites (tertiary alicyclic amines) is 1. The average Bonchev–Trinajstić information content (AvgIpc) is 2.51. The van der Waals surface area contributed by atoms with Gasteiger partial charge < -0.3 is 5.32 Å². The molecule has 0 aromatic carbocycles. The first kappa shape index (κ1) is 16.2. The van der Waals surface area contributed by atoms with E-state index in [-0.39, 0.29) is 17.4 Å². The van der Waals surface area contributed by atoms with Crippen molar-refractivity contribution in [2.45, 2.75) is 51.1 Å². The molecule has 23 heavy (non-hydrogen) atoms. The molecule has 1 aromatic heterocycles. The number of hydrogen-bond donors (Lipinski definition) is 1. The maximum atomic E-state index is 12.0. The van der Waals surface area contributed by atoms with E-state index >= 15 is 0 Å². The van der Waals surface area contributed by atoms with Gasteiger partial charge in [0.25, 0.3) is 5.56 Å². The van der Waals surface area contributed by atoms with E-state index in [9.17, 15) is 9.59 Å². The summed E-state index contributed by atoms with van der Waals surface area (Å²) in [4.78, 5) is 26.1. The van der Waals surface area contributed by atoms with Gasteiger partial charge in [-0.2, -0.15) is 5.10 Å². The molecule has 1 aromatic rings. The van der Waals surface area contributed by atoms with Gasteiger partial charge in [0.15, 0.2) is 0 Å². The van der Waals surface area contributed by atoms with Crippen molar-refractivity contribution in [2.24, 2.45) is 5.92 Å². The Balaban J connectivity index is 1.50. The Hall–Kier alpha value is -1.69. The van der Waals surface area contributed by atoms with Crippen molar-refractivity contribution in [3.05, 3.63) is 28.7 Å². The third-order valence-corrected chi connectivity index (χ3v) is 5.12. The summed E-state index contributed by atoms with van der Waals surface area (Å²) in [6, 6.07) is 3.59. The second-order valence-corrected chi connectivity index (χ2v) is 6.64. The Labute approximate surface area is 136 Å². The topological polar surface area (TPSA) is 67.2 Å². The predicted molar refractivity (Wildman–Crippen MR) is 88.1 cm³/mol. The number of carbonyl (C=O) groups is 1. The Kier molecular flexibility index (Phi) is 5.43. The van der Waals surface area contributed by atoms with Crippen LogP contribution >= 0.6 is 0 Å². The summed E-state index contributed by atoms with van der Waals surface area (Å²) in [5.41, 5.74) is -0.0562. The summed E-state index contributed by atoms with van der Waals surface area (Å²) in [7, 11) is 0. The van der Waals surface area contributed by atoms with E-state index in [4.69, 9.17) is 0 Å². The van der Waals surface area contributed by atoms with Crippen molar-refractivity contribution >= 4 is 5.91 Å². The number of amides is 1. The van der Waals surface area contributed by atoms with Gasteiger partial charge in [0.2, 0.25) is 5.91 Å². The van der Waals surface area contributed by atoms with Crippen LogP contribution in [0.25, 0.3) is 0 Å². The van der Waals surface area contributed by atoms with E-state index in [1.165, 1.54) is 23.9 Å². The summed E-state index contributed by atoms with van der Waals surface area (Å²) in [5.74, 6) is 0.474. The molecule has 1 amide bonds. The molecule has 1 atom stereocenters. The summed E-state index contributed by atoms with van der Waals surface area (Å²) < 4.78 is 1.51. The van der Waals surface area contributed by atoms with Crippen LogP contribution in [0.3, 0.4) is 0 Å². The Morgan fingerprint density at radius 3 is 2.83 bits per heavy atom. The molecular formula is C17H26N4O2. The second-order valence-electron chi connectivity index (χ2n) is 6.64. The van der Waals surface area contributed by atoms with Gasteiger partial charge in [0.05, 0.1) is 6.54 Å². The van der Waals surface area contributed by atoms with Crippen LogP contribution in [0.1, 0.15) is 38.5 Å². The fourth-order valence-corrected chi connectivity index (χ4v) is 3.40. The highest BCUT2D eigenvalue weighted by atomic mass is 16.2. The van der Waals surface area contributed by atoms with Crippen molar-refractivity contribution in [3.8, 4) is 0 Å². The van der Waals surface area contributed by atoms with Gasteiger partial charge in [0, 0.05) is 37.3 Å². The zero-order chi connectivity index (χ0) is 16.1. The van der Waals surface area contributed by atoms with E-state index in [2.05, 4.69) is 15.3 Å². The van der Waals surface area contributed by atoms with Gasteiger partial charge in [-0.1, -0.05) is 12.8 Å². The molecule has 2 heterocycles. The van der Waals surface area contributed by atoms with Crippen LogP contribution in [0.2, 0.25) is 0 Å². The minimum Gasteiger partial charge on any atom is -0.354 e. The summed E-state index contributed by atoms with van der Waals surface area (Å²) in [6.45, 7) is 3.17. The molecule has 1 saturated heterocycles. The maximum Gasteiger partial charge on any atom is 0.266 e. The van der Waals surface area contributed by atoms with E-state index in [1.54, 1.807) is 18.3 Å². The lowest BCUT2D eigenvalue weighted by Crippen LogP contribution is -2.49. The molecule has 1 unspecified atom stereocenters. The molecule has 1 aliphatic carbocycles. The van der Waals surface area contributed by atoms with E-state index in [0.29, 0.717) is 12.6 Å². The molecule has 6 nitrogen and oxygen atoms in total. The molecule has 0 bridgehead atoms. The SMILES string of the molecule is O=C(NCC1CCCCN1CCn1ncccc1=O)C1CCC1. The highest BCUT2D eigenvalue weighted by molar-refractivity contribution is 5.79. The molecular weight excluding hydrogens is 292 g/mol. The van der Waals surface area contributed by atoms with Crippen molar-refractivity contribution in [1.29, 1.82) is 0 Å². The molecule has 1 saturated carbocycles. The third kappa shape index (κ3) is 4.19. The zero-order valence-electron chi connectivity index (χ0n) is 13.6. The summed E-state index contributed by atoms with van der Waals surface area (Å²) >= 11 is 0. The maximum absolute atomic E-state index is 12.0. The number of hydrogen-bond acceptors (Lipinski definition) is 4. The number of nitrogens with one attached hydrogen (secondary N) is 1. The Morgan fingerprint density at radius 2 is 2.09 bits per heavy atom. The Morgan fingerprint density at radius 1 is 1.22 bits per heavy atom. The predicted octanol–water partition coefficient (Wildman–Crippen LogP) is 1.01. The highest BCUT2D eigenvalue weighted by Crippen LogP contribution is 2.26. The first-order valence-corrected chi connectivity index (χ1v) is 8.78. The van der Waals surface area contributed by atoms with Crippen LogP contribution in [-0.4, -0.2) is 46.3 Å². The normalized spacial score (nSPS) is 22.5. The number of rotatable bonds is 6. The van der Waals surface area contributed by atoms with Gasteiger partial charge in [-0.3, -0.25) is 14.5 Å². The van der Waals surface area contributed by atoms with Gasteiger partial charge in [0.1, 0.15) is 0 Å². The number of aromatic nitrogens is 2. The average molecular weight is 318 g/mol. The molecule has 2 aliphatic rings. The molecule has 6 heteroatoms. The van der Waals surface area contributed by atoms with Crippen LogP contribution < -0.4 is 10.9 Å². The van der Waals surface area contributed by atoms with Crippen LogP contribution in [0, 0.1) is 5.92 Å². The molecule has 3 rings (SSSR count). The lowest BCUT2D eigenvalue weighted by atomic mass is 9.85. The fraction of sp³-hybridized carbons (Fsp3) is 0.706. The first-order valence-electron chi connectivity index (χ1n) is 8.78. The van der Waals surface area contributed by atoms with Crippen molar-refractivity contribution in [1.82, 2.24) is 20.0 Å². The summed E-state index contributed by atoms with van der Waals surface area (Å²) in [6.07, 6.45) is 8.43. The lowest BCUT2D eigenvalue weighted by molar-refractivity contribution is -0.127. The van der Waals surface area contributed by atoms with Crippen LogP contribution in [0.15, 0.2) is 23.1 Å². The van der Waals surface area contributed by atoms with E-state index < -0.39 is 0 Å². The van der Waals surface area contributed by atoms with Crippen LogP contribution in [0.4, 0.5) is 0 Å². The lowest BCUT2D eigenvalue weighted by Gasteiger charge is -2.36. The minimum absolute atomic E-state index is 0.0562. The molecule has 0 radical (unpaired) electrons. The fourth-order valence-electron chi connectivity index (χ4n) is 3.40. The van der Waals surface area contributed by atoms with Gasteiger partial charge in [-0.25, -0.2) is 4.68 Å². The first-order chi connectivity index (χ1) is 11.2. The van der Waals surface area contributed by atoms with E-state index in [1.807, 2.05) is 0 Å². The van der Waals surface area contributed by atoms with Crippen LogP contribution in [0.5, 0.6) is 0 Å². The molecule has 2 fully saturated rings. The monoisotopic (exact) mass is 318 g/mol.